The molecule has 0 bridgehead atoms. The minimum Gasteiger partial charge on any atom is -0.463 e. The van der Waals surface area contributed by atoms with Crippen molar-refractivity contribution in [2.75, 3.05) is 19.8 Å². The van der Waals surface area contributed by atoms with E-state index in [0.717, 1.165) is 19.8 Å². The highest BCUT2D eigenvalue weighted by atomic mass is 16.8. The van der Waals surface area contributed by atoms with E-state index in [9.17, 15) is 39.6 Å². The highest BCUT2D eigenvalue weighted by Gasteiger charge is 2.60. The molecule has 0 aromatic rings. The molecular weight excluding hydrogens is 660 g/mol. The van der Waals surface area contributed by atoms with Crippen LogP contribution in [0.25, 0.3) is 0 Å². The molecule has 0 aliphatic carbocycles. The van der Waals surface area contributed by atoms with Gasteiger partial charge in [0.2, 0.25) is 12.1 Å². The van der Waals surface area contributed by atoms with Crippen LogP contribution >= 0.6 is 0 Å². The molecule has 4 N–H and O–H groups in total. The highest BCUT2D eigenvalue weighted by Crippen LogP contribution is 2.38. The lowest BCUT2D eigenvalue weighted by atomic mass is 9.97. The van der Waals surface area contributed by atoms with Gasteiger partial charge in [-0.05, 0) is 37.0 Å². The van der Waals surface area contributed by atoms with Crippen molar-refractivity contribution < 1.29 is 72.8 Å². The standard InChI is InChI=1S/C35H60O15/c1-20(2)11-8-14-26(39)46-30-24(17-36)45-34(50-35(19-37)33(43)29(42)25(49-35)18-44-23(7)38)32(48-28(41)16-10-13-22(5)6)31(30)47-27(40)15-9-12-21(3)4/h20-22,24-25,29-34,36-37,42-43H,8-19H2,1-7H3. The number of rotatable bonds is 21. The number of esters is 4. The fraction of sp³-hybridized carbons (Fsp3) is 0.886. The quantitative estimate of drug-likeness (QED) is 0.0989. The molecule has 2 rings (SSSR count). The van der Waals surface area contributed by atoms with E-state index in [1.165, 1.54) is 0 Å². The highest BCUT2D eigenvalue weighted by molar-refractivity contribution is 5.71. The van der Waals surface area contributed by atoms with Gasteiger partial charge in [-0.1, -0.05) is 60.8 Å². The van der Waals surface area contributed by atoms with Gasteiger partial charge in [-0.3, -0.25) is 19.2 Å². The van der Waals surface area contributed by atoms with E-state index in [2.05, 4.69) is 0 Å². The van der Waals surface area contributed by atoms with Crippen LogP contribution in [-0.2, 0) is 52.3 Å². The molecule has 290 valence electrons. The zero-order valence-corrected chi connectivity index (χ0v) is 30.6. The van der Waals surface area contributed by atoms with E-state index in [1.807, 2.05) is 41.5 Å². The lowest BCUT2D eigenvalue weighted by Crippen LogP contribution is -2.65. The van der Waals surface area contributed by atoms with Crippen molar-refractivity contribution in [3.05, 3.63) is 0 Å². The molecule has 9 unspecified atom stereocenters. The first kappa shape index (κ1) is 43.8. The van der Waals surface area contributed by atoms with Gasteiger partial charge in [-0.15, -0.1) is 0 Å². The fourth-order valence-corrected chi connectivity index (χ4v) is 5.77. The Kier molecular flexibility index (Phi) is 18.6. The molecule has 2 saturated heterocycles. The van der Waals surface area contributed by atoms with Crippen LogP contribution in [0, 0.1) is 17.8 Å². The lowest BCUT2D eigenvalue weighted by Gasteiger charge is -2.46. The SMILES string of the molecule is CC(=O)OCC1OC(CO)(OC2OC(CO)C(OC(=O)CCCC(C)C)C(OC(=O)CCCC(C)C)C2OC(=O)CCCC(C)C)C(O)C1O. The maximum Gasteiger partial charge on any atom is 0.306 e. The van der Waals surface area contributed by atoms with Gasteiger partial charge in [-0.25, -0.2) is 0 Å². The summed E-state index contributed by atoms with van der Waals surface area (Å²) >= 11 is 0. The monoisotopic (exact) mass is 720 g/mol. The molecule has 15 heteroatoms. The van der Waals surface area contributed by atoms with Gasteiger partial charge in [-0.2, -0.15) is 0 Å². The van der Waals surface area contributed by atoms with Crippen molar-refractivity contribution in [3.8, 4) is 0 Å². The van der Waals surface area contributed by atoms with Gasteiger partial charge in [0, 0.05) is 26.2 Å². The van der Waals surface area contributed by atoms with Gasteiger partial charge < -0.3 is 53.6 Å². The number of ether oxygens (including phenoxy) is 7. The number of carbonyl (C=O) groups is 4. The zero-order valence-electron chi connectivity index (χ0n) is 30.6. The average molecular weight is 721 g/mol. The number of hydrogen-bond acceptors (Lipinski definition) is 15. The third kappa shape index (κ3) is 13.6. The van der Waals surface area contributed by atoms with Crippen LogP contribution in [0.2, 0.25) is 0 Å². The topological polar surface area (TPSA) is 214 Å². The first-order valence-electron chi connectivity index (χ1n) is 17.8. The normalized spacial score (nSPS) is 29.7. The molecule has 0 spiro atoms. The Bertz CT molecular complexity index is 1060. The van der Waals surface area contributed by atoms with Gasteiger partial charge >= 0.3 is 23.9 Å². The minimum absolute atomic E-state index is 0.0125. The van der Waals surface area contributed by atoms with E-state index in [-0.39, 0.29) is 19.3 Å². The van der Waals surface area contributed by atoms with E-state index >= 15 is 0 Å². The first-order chi connectivity index (χ1) is 23.5. The van der Waals surface area contributed by atoms with E-state index in [1.54, 1.807) is 0 Å². The maximum absolute atomic E-state index is 13.3. The summed E-state index contributed by atoms with van der Waals surface area (Å²) in [5.41, 5.74) is 0. The Hall–Kier alpha value is -2.40. The molecule has 0 radical (unpaired) electrons. The molecule has 2 aliphatic rings. The smallest absolute Gasteiger partial charge is 0.306 e. The van der Waals surface area contributed by atoms with Gasteiger partial charge in [0.25, 0.3) is 0 Å². The van der Waals surface area contributed by atoms with Crippen LogP contribution in [0.3, 0.4) is 0 Å². The van der Waals surface area contributed by atoms with Crippen LogP contribution in [0.15, 0.2) is 0 Å². The summed E-state index contributed by atoms with van der Waals surface area (Å²) in [5, 5.41) is 42.6. The number of carbonyl (C=O) groups excluding carboxylic acids is 4. The fourth-order valence-electron chi connectivity index (χ4n) is 5.77. The third-order valence-electron chi connectivity index (χ3n) is 8.55. The van der Waals surface area contributed by atoms with E-state index < -0.39 is 98.5 Å². The Labute approximate surface area is 295 Å². The first-order valence-corrected chi connectivity index (χ1v) is 17.8. The molecule has 9 atom stereocenters. The zero-order chi connectivity index (χ0) is 37.6. The molecule has 0 aromatic carbocycles. The van der Waals surface area contributed by atoms with Crippen molar-refractivity contribution in [3.63, 3.8) is 0 Å². The molecule has 15 nitrogen and oxygen atoms in total. The van der Waals surface area contributed by atoms with Gasteiger partial charge in [0.05, 0.1) is 6.61 Å². The Morgan fingerprint density at radius 2 is 1.16 bits per heavy atom. The summed E-state index contributed by atoms with van der Waals surface area (Å²) in [5.74, 6) is -4.22. The van der Waals surface area contributed by atoms with E-state index in [4.69, 9.17) is 33.2 Å². The third-order valence-corrected chi connectivity index (χ3v) is 8.55. The summed E-state index contributed by atoms with van der Waals surface area (Å²) in [7, 11) is 0. The average Bonchev–Trinajstić information content (AvgIpc) is 3.26. The molecule has 2 heterocycles. The molecule has 0 saturated carbocycles. The van der Waals surface area contributed by atoms with Gasteiger partial charge in [0.15, 0.2) is 18.3 Å². The van der Waals surface area contributed by atoms with Crippen LogP contribution < -0.4 is 0 Å². The summed E-state index contributed by atoms with van der Waals surface area (Å²) in [6, 6.07) is 0. The van der Waals surface area contributed by atoms with Crippen LogP contribution in [0.1, 0.15) is 106 Å². The number of aliphatic hydroxyl groups excluding tert-OH is 4. The Balaban J connectivity index is 2.52. The van der Waals surface area contributed by atoms with Gasteiger partial charge in [0.1, 0.15) is 37.6 Å². The molecule has 0 amide bonds. The second-order valence-electron chi connectivity index (χ2n) is 14.4. The molecule has 50 heavy (non-hydrogen) atoms. The van der Waals surface area contributed by atoms with Crippen LogP contribution in [0.4, 0.5) is 0 Å². The minimum atomic E-state index is -2.41. The van der Waals surface area contributed by atoms with E-state index in [0.29, 0.717) is 43.4 Å². The predicted octanol–water partition coefficient (Wildman–Crippen LogP) is 2.31. The summed E-state index contributed by atoms with van der Waals surface area (Å²) in [6.07, 6.45) is -9.21. The maximum atomic E-state index is 13.3. The van der Waals surface area contributed by atoms with Crippen molar-refractivity contribution in [2.45, 2.75) is 161 Å². The second-order valence-corrected chi connectivity index (χ2v) is 14.4. The summed E-state index contributed by atoms with van der Waals surface area (Å²) < 4.78 is 40.1. The molecular formula is C35H60O15. The lowest BCUT2D eigenvalue weighted by molar-refractivity contribution is -0.384. The van der Waals surface area contributed by atoms with Crippen molar-refractivity contribution in [1.82, 2.24) is 0 Å². The predicted molar refractivity (Wildman–Crippen MR) is 176 cm³/mol. The molecule has 2 aliphatic heterocycles. The Morgan fingerprint density at radius 1 is 0.700 bits per heavy atom. The van der Waals surface area contributed by atoms with Crippen LogP contribution in [0.5, 0.6) is 0 Å². The molecule has 0 aromatic heterocycles. The molecule has 2 fully saturated rings. The van der Waals surface area contributed by atoms with Crippen molar-refractivity contribution >= 4 is 23.9 Å². The largest absolute Gasteiger partial charge is 0.463 e. The van der Waals surface area contributed by atoms with Crippen LogP contribution in [-0.4, -0.2) is 119 Å². The summed E-state index contributed by atoms with van der Waals surface area (Å²) in [6.45, 7) is 10.8. The van der Waals surface area contributed by atoms with Crippen molar-refractivity contribution in [2.24, 2.45) is 17.8 Å². The summed E-state index contributed by atoms with van der Waals surface area (Å²) in [4.78, 5) is 51.0. The Morgan fingerprint density at radius 3 is 1.58 bits per heavy atom. The number of hydrogen-bond donors (Lipinski definition) is 4. The number of aliphatic hydroxyl groups is 4. The second kappa shape index (κ2) is 21.2. The van der Waals surface area contributed by atoms with Crippen molar-refractivity contribution in [1.29, 1.82) is 0 Å².